The Bertz CT molecular complexity index is 1950. The van der Waals surface area contributed by atoms with Gasteiger partial charge < -0.3 is 28.6 Å². The number of carboxylic acid groups (broad SMARTS) is 1. The van der Waals surface area contributed by atoms with E-state index in [-0.39, 0.29) is 24.3 Å². The van der Waals surface area contributed by atoms with Gasteiger partial charge in [0, 0.05) is 55.2 Å². The van der Waals surface area contributed by atoms with Gasteiger partial charge in [0.2, 0.25) is 5.88 Å². The van der Waals surface area contributed by atoms with Crippen molar-refractivity contribution < 1.29 is 23.8 Å². The molecule has 47 heavy (non-hydrogen) atoms. The SMILES string of the molecule is Cc1nccn1CCn1c(CN2CCN(c3cccc(OCc4ccc(Cl)cc4F)n3)[C@@H]3COC[C@@H]32)nc2c(Cl)cc(C(=O)O)cc21. The Morgan fingerprint density at radius 3 is 2.72 bits per heavy atom. The largest absolute Gasteiger partial charge is 0.478 e. The highest BCUT2D eigenvalue weighted by Gasteiger charge is 2.42. The van der Waals surface area contributed by atoms with Crippen molar-refractivity contribution in [1.82, 2.24) is 29.0 Å². The lowest BCUT2D eigenvalue weighted by Gasteiger charge is -2.44. The van der Waals surface area contributed by atoms with Crippen LogP contribution in [0.1, 0.15) is 27.6 Å². The fraction of sp³-hybridized carbons (Fsp3) is 0.333. The number of fused-ring (bicyclic) bond motifs is 2. The molecular weight excluding hydrogens is 648 g/mol. The van der Waals surface area contributed by atoms with Crippen LogP contribution in [0.15, 0.2) is 60.9 Å². The summed E-state index contributed by atoms with van der Waals surface area (Å²) < 4.78 is 30.3. The third-order valence-electron chi connectivity index (χ3n) is 8.88. The second kappa shape index (κ2) is 13.1. The Kier molecular flexibility index (Phi) is 8.75. The number of aromatic carboxylic acids is 1. The van der Waals surface area contributed by atoms with Gasteiger partial charge in [-0.1, -0.05) is 35.3 Å². The Morgan fingerprint density at radius 1 is 1.09 bits per heavy atom. The molecular formula is C33H32Cl2FN7O4. The molecule has 5 heterocycles. The zero-order chi connectivity index (χ0) is 32.7. The topological polar surface area (TPSA) is 111 Å². The Morgan fingerprint density at radius 2 is 1.94 bits per heavy atom. The zero-order valence-corrected chi connectivity index (χ0v) is 27.0. The normalized spacial score (nSPS) is 18.2. The van der Waals surface area contributed by atoms with Crippen LogP contribution in [0.2, 0.25) is 10.0 Å². The van der Waals surface area contributed by atoms with Crippen molar-refractivity contribution in [2.45, 2.75) is 45.2 Å². The van der Waals surface area contributed by atoms with E-state index in [1.165, 1.54) is 12.1 Å². The van der Waals surface area contributed by atoms with E-state index < -0.39 is 11.8 Å². The van der Waals surface area contributed by atoms with Gasteiger partial charge >= 0.3 is 5.97 Å². The minimum Gasteiger partial charge on any atom is -0.478 e. The number of pyridine rings is 1. The summed E-state index contributed by atoms with van der Waals surface area (Å²) in [5, 5.41) is 10.4. The third kappa shape index (κ3) is 6.38. The molecule has 2 fully saturated rings. The van der Waals surface area contributed by atoms with Crippen LogP contribution >= 0.6 is 23.2 Å². The van der Waals surface area contributed by atoms with Crippen molar-refractivity contribution in [2.24, 2.45) is 0 Å². The summed E-state index contributed by atoms with van der Waals surface area (Å²) in [5.74, 6) is 1.37. The van der Waals surface area contributed by atoms with Gasteiger partial charge in [0.1, 0.15) is 35.4 Å². The second-order valence-electron chi connectivity index (χ2n) is 11.7. The van der Waals surface area contributed by atoms with Crippen molar-refractivity contribution >= 4 is 46.0 Å². The maximum Gasteiger partial charge on any atom is 0.335 e. The summed E-state index contributed by atoms with van der Waals surface area (Å²) in [6.45, 7) is 6.18. The molecule has 0 saturated carbocycles. The summed E-state index contributed by atoms with van der Waals surface area (Å²) >= 11 is 12.5. The zero-order valence-electron chi connectivity index (χ0n) is 25.5. The first-order valence-corrected chi connectivity index (χ1v) is 16.0. The molecule has 2 aliphatic heterocycles. The molecule has 2 aromatic carbocycles. The van der Waals surface area contributed by atoms with Crippen LogP contribution in [0, 0.1) is 12.7 Å². The maximum atomic E-state index is 14.3. The van der Waals surface area contributed by atoms with Gasteiger partial charge in [-0.15, -0.1) is 0 Å². The van der Waals surface area contributed by atoms with Crippen LogP contribution in [0.5, 0.6) is 5.88 Å². The molecule has 1 N–H and O–H groups in total. The molecule has 2 atom stereocenters. The van der Waals surface area contributed by atoms with Crippen LogP contribution in [-0.2, 0) is 31.0 Å². The van der Waals surface area contributed by atoms with Gasteiger partial charge in [-0.25, -0.2) is 19.2 Å². The van der Waals surface area contributed by atoms with Gasteiger partial charge in [0.25, 0.3) is 0 Å². The first-order valence-electron chi connectivity index (χ1n) is 15.3. The second-order valence-corrected chi connectivity index (χ2v) is 12.5. The first kappa shape index (κ1) is 31.4. The number of anilines is 1. The van der Waals surface area contributed by atoms with Gasteiger partial charge in [-0.3, -0.25) is 4.90 Å². The van der Waals surface area contributed by atoms with E-state index in [2.05, 4.69) is 23.9 Å². The maximum absolute atomic E-state index is 14.3. The smallest absolute Gasteiger partial charge is 0.335 e. The number of carboxylic acids is 1. The fourth-order valence-corrected chi connectivity index (χ4v) is 6.83. The summed E-state index contributed by atoms with van der Waals surface area (Å²) in [7, 11) is 0. The van der Waals surface area contributed by atoms with Gasteiger partial charge in [-0.05, 0) is 37.3 Å². The van der Waals surface area contributed by atoms with Crippen molar-refractivity contribution in [3.63, 3.8) is 0 Å². The molecule has 14 heteroatoms. The molecule has 3 aromatic heterocycles. The Hall–Kier alpha value is -4.23. The highest BCUT2D eigenvalue weighted by molar-refractivity contribution is 6.35. The molecule has 0 spiro atoms. The molecule has 2 aliphatic rings. The third-order valence-corrected chi connectivity index (χ3v) is 9.40. The summed E-state index contributed by atoms with van der Waals surface area (Å²) in [5.41, 5.74) is 1.77. The number of rotatable bonds is 10. The lowest BCUT2D eigenvalue weighted by atomic mass is 10.0. The number of hydrogen-bond acceptors (Lipinski definition) is 8. The number of benzene rings is 2. The summed E-state index contributed by atoms with van der Waals surface area (Å²) in [6, 6.07) is 13.3. The quantitative estimate of drug-likeness (QED) is 0.206. The Balaban J connectivity index is 1.12. The van der Waals surface area contributed by atoms with E-state index in [9.17, 15) is 14.3 Å². The van der Waals surface area contributed by atoms with Gasteiger partial charge in [-0.2, -0.15) is 4.98 Å². The van der Waals surface area contributed by atoms with Crippen molar-refractivity contribution in [3.8, 4) is 5.88 Å². The predicted octanol–water partition coefficient (Wildman–Crippen LogP) is 5.45. The van der Waals surface area contributed by atoms with Gasteiger partial charge in [0.15, 0.2) is 0 Å². The lowest BCUT2D eigenvalue weighted by molar-refractivity contribution is 0.0697. The van der Waals surface area contributed by atoms with Crippen LogP contribution in [0.3, 0.4) is 0 Å². The van der Waals surface area contributed by atoms with Crippen LogP contribution in [0.25, 0.3) is 11.0 Å². The molecule has 0 unspecified atom stereocenters. The molecule has 0 bridgehead atoms. The lowest BCUT2D eigenvalue weighted by Crippen LogP contribution is -2.59. The Labute approximate surface area is 280 Å². The van der Waals surface area contributed by atoms with Crippen molar-refractivity contribution in [2.75, 3.05) is 31.2 Å². The average Bonchev–Trinajstić information content (AvgIpc) is 3.79. The van der Waals surface area contributed by atoms with E-state index in [1.54, 1.807) is 30.5 Å². The fourth-order valence-electron chi connectivity index (χ4n) is 6.41. The van der Waals surface area contributed by atoms with Gasteiger partial charge in [0.05, 0.1) is 47.9 Å². The molecule has 7 rings (SSSR count). The predicted molar refractivity (Wildman–Crippen MR) is 175 cm³/mol. The molecule has 0 aliphatic carbocycles. The van der Waals surface area contributed by atoms with Crippen LogP contribution < -0.4 is 9.64 Å². The van der Waals surface area contributed by atoms with Crippen molar-refractivity contribution in [3.05, 3.63) is 99.6 Å². The van der Waals surface area contributed by atoms with E-state index in [1.807, 2.05) is 25.3 Å². The minimum absolute atomic E-state index is 0.0296. The molecule has 5 aromatic rings. The van der Waals surface area contributed by atoms with Crippen LogP contribution in [0.4, 0.5) is 10.2 Å². The van der Waals surface area contributed by atoms with E-state index in [4.69, 9.17) is 42.6 Å². The first-order chi connectivity index (χ1) is 22.7. The standard InChI is InChI=1S/C33H32Cl2FN7O4/c1-20-37-7-8-40(20)9-11-42-26-14-22(33(44)45)13-24(35)32(26)39-30(42)16-41-10-12-43(28-19-46-18-27(28)41)29-3-2-4-31(38-29)47-17-21-5-6-23(34)15-25(21)36/h2-8,13-15,27-28H,9-12,16-19H2,1H3,(H,44,45)/t27-,28+/m0/s1. The van der Waals surface area contributed by atoms with E-state index in [0.717, 1.165) is 17.5 Å². The molecule has 0 amide bonds. The molecule has 244 valence electrons. The number of ether oxygens (including phenoxy) is 2. The monoisotopic (exact) mass is 679 g/mol. The molecule has 0 radical (unpaired) electrons. The number of halogens is 3. The minimum atomic E-state index is -1.05. The summed E-state index contributed by atoms with van der Waals surface area (Å²) in [6.07, 6.45) is 3.69. The average molecular weight is 681 g/mol. The number of imidazole rings is 2. The number of piperazine rings is 1. The van der Waals surface area contributed by atoms with E-state index in [0.29, 0.717) is 78.5 Å². The summed E-state index contributed by atoms with van der Waals surface area (Å²) in [4.78, 5) is 30.5. The number of nitrogens with zero attached hydrogens (tertiary/aromatic N) is 7. The number of hydrogen-bond donors (Lipinski definition) is 1. The molecule has 2 saturated heterocycles. The highest BCUT2D eigenvalue weighted by Crippen LogP contribution is 2.32. The number of carbonyl (C=O) groups is 1. The van der Waals surface area contributed by atoms with Crippen LogP contribution in [-0.4, -0.2) is 78.4 Å². The number of aromatic nitrogens is 5. The highest BCUT2D eigenvalue weighted by atomic mass is 35.5. The van der Waals surface area contributed by atoms with E-state index >= 15 is 0 Å². The number of aryl methyl sites for hydroxylation is 3. The van der Waals surface area contributed by atoms with Crippen molar-refractivity contribution in [1.29, 1.82) is 0 Å². The molecule has 11 nitrogen and oxygen atoms in total.